The maximum atomic E-state index is 12.3. The Kier molecular flexibility index (Phi) is 2.44. The highest BCUT2D eigenvalue weighted by Gasteiger charge is 2.07. The fraction of sp³-hybridized carbons (Fsp3) is 0.188. The summed E-state index contributed by atoms with van der Waals surface area (Å²) in [6.45, 7) is 4.08. The molecule has 1 aromatic heterocycles. The van der Waals surface area contributed by atoms with Crippen LogP contribution in [0.3, 0.4) is 0 Å². The van der Waals surface area contributed by atoms with Gasteiger partial charge in [0.1, 0.15) is 11.2 Å². The average molecular weight is 238 g/mol. The van der Waals surface area contributed by atoms with E-state index < -0.39 is 0 Å². The number of hydrogen-bond acceptors (Lipinski definition) is 2. The molecule has 0 saturated carbocycles. The number of benzene rings is 2. The van der Waals surface area contributed by atoms with Crippen molar-refractivity contribution >= 4 is 21.9 Å². The lowest BCUT2D eigenvalue weighted by molar-refractivity contribution is 0.659. The second kappa shape index (κ2) is 3.98. The fourth-order valence-electron chi connectivity index (χ4n) is 2.22. The van der Waals surface area contributed by atoms with Crippen molar-refractivity contribution in [2.75, 3.05) is 0 Å². The second-order valence-corrected chi connectivity index (χ2v) is 4.61. The van der Waals surface area contributed by atoms with Crippen LogP contribution in [0.1, 0.15) is 18.1 Å². The van der Waals surface area contributed by atoms with E-state index in [1.807, 2.05) is 43.3 Å². The Morgan fingerprint density at radius 2 is 1.67 bits per heavy atom. The van der Waals surface area contributed by atoms with Gasteiger partial charge in [-0.1, -0.05) is 19.1 Å². The SMILES string of the molecule is CCc1ccc2c(=O)c3ccc(C)cc3oc2c1. The van der Waals surface area contributed by atoms with Gasteiger partial charge in [0, 0.05) is 0 Å². The van der Waals surface area contributed by atoms with Gasteiger partial charge in [0.05, 0.1) is 10.8 Å². The van der Waals surface area contributed by atoms with Gasteiger partial charge in [0.15, 0.2) is 0 Å². The van der Waals surface area contributed by atoms with Gasteiger partial charge in [0.25, 0.3) is 0 Å². The highest BCUT2D eigenvalue weighted by atomic mass is 16.3. The predicted octanol–water partition coefficient (Wildman–Crippen LogP) is 3.82. The molecule has 2 aromatic carbocycles. The molecule has 90 valence electrons. The van der Waals surface area contributed by atoms with E-state index in [-0.39, 0.29) is 5.43 Å². The standard InChI is InChI=1S/C16H14O2/c1-3-11-5-7-13-15(9-11)18-14-8-10(2)4-6-12(14)16(13)17/h4-9H,3H2,1-2H3. The summed E-state index contributed by atoms with van der Waals surface area (Å²) in [5.74, 6) is 0. The molecular weight excluding hydrogens is 224 g/mol. The summed E-state index contributed by atoms with van der Waals surface area (Å²) in [5, 5.41) is 1.31. The molecule has 0 aliphatic rings. The maximum Gasteiger partial charge on any atom is 0.200 e. The molecule has 1 heterocycles. The van der Waals surface area contributed by atoms with E-state index in [1.165, 1.54) is 5.56 Å². The van der Waals surface area contributed by atoms with Crippen molar-refractivity contribution in [2.24, 2.45) is 0 Å². The number of hydrogen-bond donors (Lipinski definition) is 0. The lowest BCUT2D eigenvalue weighted by Crippen LogP contribution is -2.02. The van der Waals surface area contributed by atoms with Crippen LogP contribution >= 0.6 is 0 Å². The van der Waals surface area contributed by atoms with Crippen molar-refractivity contribution < 1.29 is 4.42 Å². The summed E-state index contributed by atoms with van der Waals surface area (Å²) in [5.41, 5.74) is 3.67. The van der Waals surface area contributed by atoms with Gasteiger partial charge in [-0.3, -0.25) is 4.79 Å². The van der Waals surface area contributed by atoms with E-state index >= 15 is 0 Å². The van der Waals surface area contributed by atoms with Crippen molar-refractivity contribution in [1.29, 1.82) is 0 Å². The molecule has 0 unspecified atom stereocenters. The van der Waals surface area contributed by atoms with Crippen molar-refractivity contribution in [1.82, 2.24) is 0 Å². The number of rotatable bonds is 1. The molecule has 3 rings (SSSR count). The van der Waals surface area contributed by atoms with Crippen LogP contribution in [0.5, 0.6) is 0 Å². The minimum Gasteiger partial charge on any atom is -0.456 e. The van der Waals surface area contributed by atoms with Crippen LogP contribution in [0.25, 0.3) is 21.9 Å². The summed E-state index contributed by atoms with van der Waals surface area (Å²) in [4.78, 5) is 12.3. The topological polar surface area (TPSA) is 30.2 Å². The Labute approximate surface area is 105 Å². The number of fused-ring (bicyclic) bond motifs is 2. The minimum atomic E-state index is 0.0499. The van der Waals surface area contributed by atoms with Gasteiger partial charge in [-0.15, -0.1) is 0 Å². The van der Waals surface area contributed by atoms with Crippen molar-refractivity contribution in [3.05, 3.63) is 57.7 Å². The van der Waals surface area contributed by atoms with Gasteiger partial charge in [0.2, 0.25) is 5.43 Å². The van der Waals surface area contributed by atoms with Gasteiger partial charge >= 0.3 is 0 Å². The van der Waals surface area contributed by atoms with Gasteiger partial charge in [-0.2, -0.15) is 0 Å². The first-order valence-electron chi connectivity index (χ1n) is 6.15. The Balaban J connectivity index is 2.48. The molecule has 0 bridgehead atoms. The van der Waals surface area contributed by atoms with E-state index in [1.54, 1.807) is 0 Å². The highest BCUT2D eigenvalue weighted by Crippen LogP contribution is 2.20. The van der Waals surface area contributed by atoms with Crippen LogP contribution in [0, 0.1) is 6.92 Å². The first-order chi connectivity index (χ1) is 8.69. The van der Waals surface area contributed by atoms with E-state index in [0.29, 0.717) is 21.9 Å². The quantitative estimate of drug-likeness (QED) is 0.603. The summed E-state index contributed by atoms with van der Waals surface area (Å²) in [6.07, 6.45) is 0.936. The van der Waals surface area contributed by atoms with Crippen LogP contribution in [0.15, 0.2) is 45.6 Å². The second-order valence-electron chi connectivity index (χ2n) is 4.61. The molecule has 0 fully saturated rings. The first-order valence-corrected chi connectivity index (χ1v) is 6.15. The molecular formula is C16H14O2. The van der Waals surface area contributed by atoms with Crippen molar-refractivity contribution in [3.63, 3.8) is 0 Å². The van der Waals surface area contributed by atoms with Crippen molar-refractivity contribution in [2.45, 2.75) is 20.3 Å². The molecule has 0 aliphatic carbocycles. The fourth-order valence-corrected chi connectivity index (χ4v) is 2.22. The van der Waals surface area contributed by atoms with E-state index in [4.69, 9.17) is 4.42 Å². The zero-order valence-electron chi connectivity index (χ0n) is 10.5. The molecule has 0 saturated heterocycles. The first kappa shape index (κ1) is 11.0. The van der Waals surface area contributed by atoms with Gasteiger partial charge in [-0.05, 0) is 48.7 Å². The maximum absolute atomic E-state index is 12.3. The molecule has 0 amide bonds. The summed E-state index contributed by atoms with van der Waals surface area (Å²) < 4.78 is 5.85. The third-order valence-electron chi connectivity index (χ3n) is 3.30. The Morgan fingerprint density at radius 1 is 1.00 bits per heavy atom. The van der Waals surface area contributed by atoms with Gasteiger partial charge < -0.3 is 4.42 Å². The summed E-state index contributed by atoms with van der Waals surface area (Å²) >= 11 is 0. The van der Waals surface area contributed by atoms with E-state index in [2.05, 4.69) is 6.92 Å². The molecule has 2 nitrogen and oxygen atoms in total. The molecule has 2 heteroatoms. The monoisotopic (exact) mass is 238 g/mol. The third-order valence-corrected chi connectivity index (χ3v) is 3.30. The van der Waals surface area contributed by atoms with Crippen LogP contribution in [0.2, 0.25) is 0 Å². The Bertz CT molecular complexity index is 797. The number of aryl methyl sites for hydroxylation is 2. The third kappa shape index (κ3) is 1.61. The minimum absolute atomic E-state index is 0.0499. The molecule has 3 aromatic rings. The smallest absolute Gasteiger partial charge is 0.200 e. The zero-order chi connectivity index (χ0) is 12.7. The van der Waals surface area contributed by atoms with Crippen LogP contribution in [-0.2, 0) is 6.42 Å². The van der Waals surface area contributed by atoms with Crippen LogP contribution in [0.4, 0.5) is 0 Å². The largest absolute Gasteiger partial charge is 0.456 e. The highest BCUT2D eigenvalue weighted by molar-refractivity contribution is 5.90. The molecule has 0 aliphatic heterocycles. The predicted molar refractivity (Wildman–Crippen MR) is 74.1 cm³/mol. The molecule has 0 N–H and O–H groups in total. The Hall–Kier alpha value is -2.09. The molecule has 0 atom stereocenters. The van der Waals surface area contributed by atoms with Crippen LogP contribution in [-0.4, -0.2) is 0 Å². The molecule has 0 spiro atoms. The van der Waals surface area contributed by atoms with Crippen LogP contribution < -0.4 is 5.43 Å². The Morgan fingerprint density at radius 3 is 2.39 bits per heavy atom. The lowest BCUT2D eigenvalue weighted by atomic mass is 10.1. The average Bonchev–Trinajstić information content (AvgIpc) is 2.38. The molecule has 18 heavy (non-hydrogen) atoms. The zero-order valence-corrected chi connectivity index (χ0v) is 10.5. The normalized spacial score (nSPS) is 11.2. The van der Waals surface area contributed by atoms with E-state index in [9.17, 15) is 4.79 Å². The summed E-state index contributed by atoms with van der Waals surface area (Å²) in [6, 6.07) is 11.5. The lowest BCUT2D eigenvalue weighted by Gasteiger charge is -2.03. The summed E-state index contributed by atoms with van der Waals surface area (Å²) in [7, 11) is 0. The molecule has 0 radical (unpaired) electrons. The van der Waals surface area contributed by atoms with E-state index in [0.717, 1.165) is 12.0 Å². The van der Waals surface area contributed by atoms with Gasteiger partial charge in [-0.25, -0.2) is 0 Å². The van der Waals surface area contributed by atoms with Crippen molar-refractivity contribution in [3.8, 4) is 0 Å².